The largest absolute Gasteiger partial charge is 0.468 e. The smallest absolute Gasteiger partial charge is 0.270 e. The second-order valence-corrected chi connectivity index (χ2v) is 7.74. The Morgan fingerprint density at radius 2 is 1.82 bits per heavy atom. The Balaban J connectivity index is 1.47. The van der Waals surface area contributed by atoms with Gasteiger partial charge in [-0.3, -0.25) is 10.2 Å². The summed E-state index contributed by atoms with van der Waals surface area (Å²) in [4.78, 5) is 16.7. The van der Waals surface area contributed by atoms with Crippen molar-refractivity contribution in [3.63, 3.8) is 0 Å². The molecule has 9 heteroatoms. The molecule has 2 heterocycles. The van der Waals surface area contributed by atoms with Crippen molar-refractivity contribution in [2.45, 2.75) is 11.4 Å². The zero-order valence-electron chi connectivity index (χ0n) is 14.6. The summed E-state index contributed by atoms with van der Waals surface area (Å²) in [6.45, 7) is 0.0469. The zero-order chi connectivity index (χ0) is 19.6. The van der Waals surface area contributed by atoms with Gasteiger partial charge in [0.25, 0.3) is 5.91 Å². The SMILES string of the molecule is O=C(Nn1cnc2ccccc21)c1ccc(S(=O)(=O)NCc2ccco2)cc1. The van der Waals surface area contributed by atoms with Crippen LogP contribution in [0.5, 0.6) is 0 Å². The van der Waals surface area contributed by atoms with E-state index in [1.54, 1.807) is 12.1 Å². The Morgan fingerprint density at radius 3 is 2.57 bits per heavy atom. The minimum Gasteiger partial charge on any atom is -0.468 e. The van der Waals surface area contributed by atoms with E-state index in [2.05, 4.69) is 15.1 Å². The number of furan rings is 1. The molecule has 8 nitrogen and oxygen atoms in total. The molecule has 0 aliphatic heterocycles. The maximum atomic E-state index is 12.5. The number of para-hydroxylation sites is 2. The van der Waals surface area contributed by atoms with E-state index in [-0.39, 0.29) is 17.3 Å². The first-order chi connectivity index (χ1) is 13.5. The second kappa shape index (κ2) is 7.29. The molecule has 2 N–H and O–H groups in total. The van der Waals surface area contributed by atoms with E-state index in [0.29, 0.717) is 11.3 Å². The van der Waals surface area contributed by atoms with Crippen LogP contribution in [-0.4, -0.2) is 24.0 Å². The number of nitrogens with zero attached hydrogens (tertiary/aromatic N) is 2. The molecule has 28 heavy (non-hydrogen) atoms. The lowest BCUT2D eigenvalue weighted by molar-refractivity contribution is 0.101. The van der Waals surface area contributed by atoms with Gasteiger partial charge in [0.15, 0.2) is 0 Å². The summed E-state index contributed by atoms with van der Waals surface area (Å²) in [6.07, 6.45) is 2.99. The number of sulfonamides is 1. The molecule has 0 aliphatic carbocycles. The normalized spacial score (nSPS) is 11.6. The summed E-state index contributed by atoms with van der Waals surface area (Å²) in [5.74, 6) is 0.128. The van der Waals surface area contributed by atoms with Gasteiger partial charge in [0.1, 0.15) is 12.1 Å². The molecule has 0 saturated heterocycles. The highest BCUT2D eigenvalue weighted by Crippen LogP contribution is 2.13. The zero-order valence-corrected chi connectivity index (χ0v) is 15.4. The highest BCUT2D eigenvalue weighted by Gasteiger charge is 2.16. The number of carbonyl (C=O) groups is 1. The van der Waals surface area contributed by atoms with Gasteiger partial charge in [-0.1, -0.05) is 12.1 Å². The van der Waals surface area contributed by atoms with Crippen LogP contribution >= 0.6 is 0 Å². The third-order valence-electron chi connectivity index (χ3n) is 4.12. The molecule has 4 rings (SSSR count). The number of amides is 1. The highest BCUT2D eigenvalue weighted by molar-refractivity contribution is 7.89. The molecule has 2 aromatic heterocycles. The average molecular weight is 396 g/mol. The maximum absolute atomic E-state index is 12.5. The summed E-state index contributed by atoms with van der Waals surface area (Å²) >= 11 is 0. The van der Waals surface area contributed by atoms with Gasteiger partial charge >= 0.3 is 0 Å². The van der Waals surface area contributed by atoms with Crippen LogP contribution in [0.2, 0.25) is 0 Å². The van der Waals surface area contributed by atoms with Gasteiger partial charge in [0, 0.05) is 5.56 Å². The number of carbonyl (C=O) groups excluding carboxylic acids is 1. The van der Waals surface area contributed by atoms with Crippen molar-refractivity contribution in [1.82, 2.24) is 14.4 Å². The highest BCUT2D eigenvalue weighted by atomic mass is 32.2. The molecule has 0 spiro atoms. The first-order valence-corrected chi connectivity index (χ1v) is 9.87. The standard InChI is InChI=1S/C19H16N4O4S/c24-19(22-23-13-20-17-5-1-2-6-18(17)23)14-7-9-16(10-8-14)28(25,26)21-12-15-4-3-11-27-15/h1-11,13,21H,12H2,(H,22,24). The maximum Gasteiger partial charge on any atom is 0.270 e. The van der Waals surface area contributed by atoms with E-state index in [9.17, 15) is 13.2 Å². The predicted octanol–water partition coefficient (Wildman–Crippen LogP) is 2.49. The number of hydrogen-bond acceptors (Lipinski definition) is 5. The Bertz CT molecular complexity index is 1210. The molecule has 1 amide bonds. The van der Waals surface area contributed by atoms with Crippen LogP contribution in [-0.2, 0) is 16.6 Å². The molecule has 4 aromatic rings. The van der Waals surface area contributed by atoms with E-state index in [1.165, 1.54) is 41.5 Å². The number of rotatable bonds is 6. The van der Waals surface area contributed by atoms with Crippen LogP contribution < -0.4 is 10.1 Å². The van der Waals surface area contributed by atoms with Crippen molar-refractivity contribution >= 4 is 27.0 Å². The van der Waals surface area contributed by atoms with Gasteiger partial charge in [-0.15, -0.1) is 0 Å². The number of hydrogen-bond donors (Lipinski definition) is 2. The Morgan fingerprint density at radius 1 is 1.04 bits per heavy atom. The van der Waals surface area contributed by atoms with Gasteiger partial charge in [-0.2, -0.15) is 0 Å². The monoisotopic (exact) mass is 396 g/mol. The number of benzene rings is 2. The van der Waals surface area contributed by atoms with E-state index in [4.69, 9.17) is 4.42 Å². The first-order valence-electron chi connectivity index (χ1n) is 8.38. The minimum atomic E-state index is -3.71. The third kappa shape index (κ3) is 3.66. The molecule has 0 radical (unpaired) electrons. The van der Waals surface area contributed by atoms with Crippen LogP contribution in [0.3, 0.4) is 0 Å². The summed E-state index contributed by atoms with van der Waals surface area (Å²) in [5.41, 5.74) is 4.56. The van der Waals surface area contributed by atoms with Gasteiger partial charge in [0.2, 0.25) is 10.0 Å². The van der Waals surface area contributed by atoms with Crippen LogP contribution in [0.1, 0.15) is 16.1 Å². The lowest BCUT2D eigenvalue weighted by Gasteiger charge is -2.09. The Kier molecular flexibility index (Phi) is 4.68. The minimum absolute atomic E-state index is 0.0469. The molecule has 0 bridgehead atoms. The van der Waals surface area contributed by atoms with Crippen molar-refractivity contribution < 1.29 is 17.6 Å². The summed E-state index contributed by atoms with van der Waals surface area (Å²) in [7, 11) is -3.71. The van der Waals surface area contributed by atoms with Crippen molar-refractivity contribution in [2.75, 3.05) is 5.43 Å². The lowest BCUT2D eigenvalue weighted by Crippen LogP contribution is -2.24. The fourth-order valence-electron chi connectivity index (χ4n) is 2.67. The molecule has 0 unspecified atom stereocenters. The number of imidazole rings is 1. The Hall–Kier alpha value is -3.43. The molecular weight excluding hydrogens is 380 g/mol. The summed E-state index contributed by atoms with van der Waals surface area (Å²) in [6, 6.07) is 16.4. The van der Waals surface area contributed by atoms with Crippen LogP contribution in [0, 0.1) is 0 Å². The molecule has 0 aliphatic rings. The summed E-state index contributed by atoms with van der Waals surface area (Å²) in [5, 5.41) is 0. The van der Waals surface area contributed by atoms with Crippen molar-refractivity contribution in [3.05, 3.63) is 84.6 Å². The van der Waals surface area contributed by atoms with E-state index >= 15 is 0 Å². The fraction of sp³-hybridized carbons (Fsp3) is 0.0526. The third-order valence-corrected chi connectivity index (χ3v) is 5.54. The van der Waals surface area contributed by atoms with Crippen LogP contribution in [0.25, 0.3) is 11.0 Å². The van der Waals surface area contributed by atoms with Gasteiger partial charge in [-0.25, -0.2) is 22.8 Å². The quantitative estimate of drug-likeness (QED) is 0.521. The molecular formula is C19H16N4O4S. The first kappa shape index (κ1) is 18.0. The Labute approximate surface area is 160 Å². The number of nitrogens with one attached hydrogen (secondary N) is 2. The topological polar surface area (TPSA) is 106 Å². The van der Waals surface area contributed by atoms with E-state index < -0.39 is 10.0 Å². The molecule has 0 saturated carbocycles. The van der Waals surface area contributed by atoms with Gasteiger partial charge < -0.3 is 4.42 Å². The summed E-state index contributed by atoms with van der Waals surface area (Å²) < 4.78 is 33.8. The van der Waals surface area contributed by atoms with Gasteiger partial charge in [-0.05, 0) is 48.5 Å². The van der Waals surface area contributed by atoms with Crippen molar-refractivity contribution in [3.8, 4) is 0 Å². The molecule has 2 aromatic carbocycles. The molecule has 0 atom stereocenters. The van der Waals surface area contributed by atoms with Crippen molar-refractivity contribution in [1.29, 1.82) is 0 Å². The average Bonchev–Trinajstić information content (AvgIpc) is 3.37. The lowest BCUT2D eigenvalue weighted by atomic mass is 10.2. The molecule has 0 fully saturated rings. The number of aromatic nitrogens is 2. The number of fused-ring (bicyclic) bond motifs is 1. The molecule has 142 valence electrons. The van der Waals surface area contributed by atoms with E-state index in [0.717, 1.165) is 11.0 Å². The predicted molar refractivity (Wildman–Crippen MR) is 103 cm³/mol. The van der Waals surface area contributed by atoms with Crippen LogP contribution in [0.15, 0.2) is 82.6 Å². The van der Waals surface area contributed by atoms with Crippen molar-refractivity contribution in [2.24, 2.45) is 0 Å². The second-order valence-electron chi connectivity index (χ2n) is 5.97. The van der Waals surface area contributed by atoms with Crippen LogP contribution in [0.4, 0.5) is 0 Å². The van der Waals surface area contributed by atoms with Gasteiger partial charge in [0.05, 0.1) is 28.7 Å². The van der Waals surface area contributed by atoms with E-state index in [1.807, 2.05) is 24.3 Å². The fourth-order valence-corrected chi connectivity index (χ4v) is 3.66.